The summed E-state index contributed by atoms with van der Waals surface area (Å²) in [7, 11) is 0. The van der Waals surface area contributed by atoms with Crippen molar-refractivity contribution in [3.8, 4) is 11.5 Å². The average Bonchev–Trinajstić information content (AvgIpc) is 3.25. The molecular formula is C25H20BrNO5. The molecule has 2 aliphatic rings. The number of rotatable bonds is 6. The van der Waals surface area contributed by atoms with Gasteiger partial charge in [0.1, 0.15) is 17.6 Å². The molecule has 32 heavy (non-hydrogen) atoms. The lowest BCUT2D eigenvalue weighted by Crippen LogP contribution is -2.27. The van der Waals surface area contributed by atoms with Crippen molar-refractivity contribution in [2.24, 2.45) is 0 Å². The van der Waals surface area contributed by atoms with Gasteiger partial charge in [-0.05, 0) is 47.0 Å². The van der Waals surface area contributed by atoms with Crippen molar-refractivity contribution < 1.29 is 24.2 Å². The van der Waals surface area contributed by atoms with Crippen LogP contribution in [-0.2, 0) is 28.9 Å². The summed E-state index contributed by atoms with van der Waals surface area (Å²) in [4.78, 5) is 25.5. The van der Waals surface area contributed by atoms with Gasteiger partial charge in [-0.1, -0.05) is 52.3 Å². The fourth-order valence-corrected chi connectivity index (χ4v) is 4.87. The summed E-state index contributed by atoms with van der Waals surface area (Å²) >= 11 is 3.51. The normalized spacial score (nSPS) is 18.8. The number of hydrogen-bond acceptors (Lipinski definition) is 4. The van der Waals surface area contributed by atoms with Crippen molar-refractivity contribution in [3.63, 3.8) is 0 Å². The summed E-state index contributed by atoms with van der Waals surface area (Å²) in [5.74, 6) is 0.244. The van der Waals surface area contributed by atoms with Gasteiger partial charge in [-0.25, -0.2) is 4.79 Å². The van der Waals surface area contributed by atoms with Crippen LogP contribution in [0.2, 0.25) is 0 Å². The Bertz CT molecular complexity index is 1210. The zero-order chi connectivity index (χ0) is 22.2. The molecule has 5 rings (SSSR count). The predicted molar refractivity (Wildman–Crippen MR) is 121 cm³/mol. The molecule has 0 aromatic heterocycles. The smallest absolute Gasteiger partial charge is 0.411 e. The van der Waals surface area contributed by atoms with Crippen LogP contribution in [0.25, 0.3) is 0 Å². The SMILES string of the molecule is O=C(O)Cc1cccc(Oc2ccc(Br)cc2CN2C(=O)O[C@@H]3Cc4ccccc4C32)c1. The maximum Gasteiger partial charge on any atom is 0.411 e. The lowest BCUT2D eigenvalue weighted by molar-refractivity contribution is -0.136. The molecule has 1 unspecified atom stereocenters. The number of halogens is 1. The third kappa shape index (κ3) is 3.96. The summed E-state index contributed by atoms with van der Waals surface area (Å²) in [6.45, 7) is 0.331. The first-order valence-electron chi connectivity index (χ1n) is 10.3. The van der Waals surface area contributed by atoms with E-state index in [4.69, 9.17) is 14.6 Å². The highest BCUT2D eigenvalue weighted by Crippen LogP contribution is 2.44. The van der Waals surface area contributed by atoms with E-state index in [9.17, 15) is 9.59 Å². The van der Waals surface area contributed by atoms with Gasteiger partial charge < -0.3 is 14.6 Å². The summed E-state index contributed by atoms with van der Waals surface area (Å²) in [6.07, 6.45) is 0.140. The Morgan fingerprint density at radius 2 is 1.97 bits per heavy atom. The fourth-order valence-electron chi connectivity index (χ4n) is 4.46. The van der Waals surface area contributed by atoms with Gasteiger partial charge in [0.05, 0.1) is 19.0 Å². The van der Waals surface area contributed by atoms with Crippen LogP contribution in [-0.4, -0.2) is 28.2 Å². The van der Waals surface area contributed by atoms with Crippen molar-refractivity contribution in [1.29, 1.82) is 0 Å². The molecule has 1 heterocycles. The molecule has 1 fully saturated rings. The van der Waals surface area contributed by atoms with E-state index in [2.05, 4.69) is 28.1 Å². The number of ether oxygens (including phenoxy) is 2. The summed E-state index contributed by atoms with van der Waals surface area (Å²) < 4.78 is 12.7. The van der Waals surface area contributed by atoms with Gasteiger partial charge in [-0.15, -0.1) is 0 Å². The molecular weight excluding hydrogens is 474 g/mol. The van der Waals surface area contributed by atoms with Crippen molar-refractivity contribution in [1.82, 2.24) is 4.90 Å². The van der Waals surface area contributed by atoms with Crippen molar-refractivity contribution in [2.45, 2.75) is 31.5 Å². The molecule has 0 saturated carbocycles. The Hall–Kier alpha value is -3.32. The van der Waals surface area contributed by atoms with E-state index in [1.54, 1.807) is 29.2 Å². The van der Waals surface area contributed by atoms with E-state index in [1.807, 2.05) is 30.3 Å². The maximum atomic E-state index is 12.7. The van der Waals surface area contributed by atoms with Crippen LogP contribution < -0.4 is 4.74 Å². The summed E-state index contributed by atoms with van der Waals surface area (Å²) in [6, 6.07) is 20.7. The molecule has 1 saturated heterocycles. The van der Waals surface area contributed by atoms with E-state index in [0.717, 1.165) is 22.0 Å². The topological polar surface area (TPSA) is 76.1 Å². The van der Waals surface area contributed by atoms with Crippen LogP contribution in [0, 0.1) is 0 Å². The molecule has 3 aromatic rings. The minimum absolute atomic E-state index is 0.0769. The highest BCUT2D eigenvalue weighted by Gasteiger charge is 2.47. The Kier molecular flexibility index (Phi) is 5.35. The first kappa shape index (κ1) is 20.6. The van der Waals surface area contributed by atoms with Crippen LogP contribution in [0.4, 0.5) is 4.79 Å². The van der Waals surface area contributed by atoms with Gasteiger partial charge in [-0.2, -0.15) is 0 Å². The number of amides is 1. The largest absolute Gasteiger partial charge is 0.481 e. The number of aliphatic carboxylic acids is 1. The minimum Gasteiger partial charge on any atom is -0.481 e. The van der Waals surface area contributed by atoms with E-state index in [1.165, 1.54) is 5.56 Å². The molecule has 1 aliphatic carbocycles. The Morgan fingerprint density at radius 3 is 2.81 bits per heavy atom. The minimum atomic E-state index is -0.898. The lowest BCUT2D eigenvalue weighted by atomic mass is 10.1. The summed E-state index contributed by atoms with van der Waals surface area (Å²) in [5, 5.41) is 9.06. The molecule has 0 bridgehead atoms. The predicted octanol–water partition coefficient (Wildman–Crippen LogP) is 5.49. The van der Waals surface area contributed by atoms with Crippen molar-refractivity contribution in [2.75, 3.05) is 0 Å². The Morgan fingerprint density at radius 1 is 1.12 bits per heavy atom. The molecule has 1 amide bonds. The van der Waals surface area contributed by atoms with E-state index >= 15 is 0 Å². The van der Waals surface area contributed by atoms with Gasteiger partial charge in [0.2, 0.25) is 0 Å². The standard InChI is InChI=1S/C25H20BrNO5/c26-18-8-9-21(31-19-6-3-4-15(10-19)11-23(28)29)17(12-18)14-27-24-20-7-2-1-5-16(20)13-22(24)32-25(27)30/h1-10,12,22,24H,11,13-14H2,(H,28,29)/t22-,24?/m1/s1. The van der Waals surface area contributed by atoms with E-state index in [-0.39, 0.29) is 24.7 Å². The highest BCUT2D eigenvalue weighted by molar-refractivity contribution is 9.10. The van der Waals surface area contributed by atoms with Gasteiger partial charge in [0.25, 0.3) is 0 Å². The molecule has 2 atom stereocenters. The first-order chi connectivity index (χ1) is 15.5. The number of carbonyl (C=O) groups is 2. The number of fused-ring (bicyclic) bond motifs is 3. The number of carbonyl (C=O) groups excluding carboxylic acids is 1. The van der Waals surface area contributed by atoms with Gasteiger partial charge in [0.15, 0.2) is 0 Å². The third-order valence-corrected chi connectivity index (χ3v) is 6.31. The second-order valence-electron chi connectivity index (χ2n) is 7.97. The molecule has 0 spiro atoms. The second kappa shape index (κ2) is 8.31. The van der Waals surface area contributed by atoms with E-state index in [0.29, 0.717) is 23.6 Å². The maximum absolute atomic E-state index is 12.7. The van der Waals surface area contributed by atoms with E-state index < -0.39 is 5.97 Å². The second-order valence-corrected chi connectivity index (χ2v) is 8.89. The Labute approximate surface area is 193 Å². The molecule has 1 N–H and O–H groups in total. The number of carboxylic acid groups (broad SMARTS) is 1. The van der Waals surface area contributed by atoms with Gasteiger partial charge in [0, 0.05) is 16.5 Å². The summed E-state index contributed by atoms with van der Waals surface area (Å²) in [5.41, 5.74) is 3.82. The van der Waals surface area contributed by atoms with Gasteiger partial charge in [-0.3, -0.25) is 9.69 Å². The van der Waals surface area contributed by atoms with Gasteiger partial charge >= 0.3 is 12.1 Å². The number of nitrogens with zero attached hydrogens (tertiary/aromatic N) is 1. The quantitative estimate of drug-likeness (QED) is 0.491. The molecule has 3 aromatic carbocycles. The Balaban J connectivity index is 1.43. The number of hydrogen-bond donors (Lipinski definition) is 1. The highest BCUT2D eigenvalue weighted by atomic mass is 79.9. The zero-order valence-corrected chi connectivity index (χ0v) is 18.6. The van der Waals surface area contributed by atoms with Crippen LogP contribution in [0.3, 0.4) is 0 Å². The molecule has 162 valence electrons. The lowest BCUT2D eigenvalue weighted by Gasteiger charge is -2.23. The monoisotopic (exact) mass is 493 g/mol. The molecule has 7 heteroatoms. The van der Waals surface area contributed by atoms with Crippen molar-refractivity contribution >= 4 is 28.0 Å². The van der Waals surface area contributed by atoms with Crippen LogP contribution in [0.5, 0.6) is 11.5 Å². The van der Waals surface area contributed by atoms with Crippen LogP contribution in [0.1, 0.15) is 28.3 Å². The first-order valence-corrected chi connectivity index (χ1v) is 11.1. The zero-order valence-electron chi connectivity index (χ0n) is 17.0. The van der Waals surface area contributed by atoms with Crippen molar-refractivity contribution in [3.05, 3.63) is 93.5 Å². The van der Waals surface area contributed by atoms with Crippen LogP contribution in [0.15, 0.2) is 71.2 Å². The number of benzene rings is 3. The van der Waals surface area contributed by atoms with Crippen LogP contribution >= 0.6 is 15.9 Å². The number of carboxylic acids is 1. The third-order valence-electron chi connectivity index (χ3n) is 5.81. The average molecular weight is 494 g/mol. The fraction of sp³-hybridized carbons (Fsp3) is 0.200. The molecule has 6 nitrogen and oxygen atoms in total. The molecule has 0 radical (unpaired) electrons. The molecule has 1 aliphatic heterocycles.